The normalized spacial score (nSPS) is 14.1. The van der Waals surface area contributed by atoms with Gasteiger partial charge in [0.2, 0.25) is 0 Å². The van der Waals surface area contributed by atoms with Crippen LogP contribution < -0.4 is 0 Å². The maximum Gasteiger partial charge on any atom is 0.416 e. The average Bonchev–Trinajstić information content (AvgIpc) is 2.01. The third-order valence-corrected chi connectivity index (χ3v) is 2.58. The van der Waals surface area contributed by atoms with Crippen LogP contribution in [0.5, 0.6) is 0 Å². The van der Waals surface area contributed by atoms with Gasteiger partial charge in [0.1, 0.15) is 0 Å². The van der Waals surface area contributed by atoms with Crippen molar-refractivity contribution in [3.63, 3.8) is 0 Å². The molecule has 78 valence electrons. The molecule has 0 bridgehead atoms. The fourth-order valence-corrected chi connectivity index (χ4v) is 1.90. The van der Waals surface area contributed by atoms with Crippen molar-refractivity contribution in [2.75, 3.05) is 0 Å². The van der Waals surface area contributed by atoms with Crippen LogP contribution in [-0.2, 0) is 6.18 Å². The van der Waals surface area contributed by atoms with Gasteiger partial charge in [-0.15, -0.1) is 0 Å². The molecule has 0 aliphatic carbocycles. The zero-order valence-corrected chi connectivity index (χ0v) is 9.54. The number of benzene rings is 1. The summed E-state index contributed by atoms with van der Waals surface area (Å²) < 4.78 is 36.7. The third-order valence-electron chi connectivity index (χ3n) is 1.76. The summed E-state index contributed by atoms with van der Waals surface area (Å²) in [5.41, 5.74) is -0.0703. The van der Waals surface area contributed by atoms with Gasteiger partial charge in [0.05, 0.1) is 5.56 Å². The molecule has 1 aromatic carbocycles. The number of alkyl halides is 4. The highest BCUT2D eigenvalue weighted by Gasteiger charge is 2.30. The van der Waals surface area contributed by atoms with Gasteiger partial charge in [-0.25, -0.2) is 0 Å². The summed E-state index contributed by atoms with van der Waals surface area (Å²) in [6.45, 7) is 1.80. The molecule has 0 N–H and O–H groups in total. The first-order chi connectivity index (χ1) is 6.32. The molecule has 0 aliphatic rings. The summed E-state index contributed by atoms with van der Waals surface area (Å²) in [7, 11) is 0. The highest BCUT2D eigenvalue weighted by Crippen LogP contribution is 2.35. The topological polar surface area (TPSA) is 0 Å². The number of hydrogen-bond donors (Lipinski definition) is 0. The molecule has 0 nitrogen and oxygen atoms in total. The molecule has 0 heterocycles. The van der Waals surface area contributed by atoms with E-state index in [4.69, 9.17) is 11.6 Å². The summed E-state index contributed by atoms with van der Waals surface area (Å²) in [6, 6.07) is 3.35. The standard InChI is InChI=1S/C9H7BrClF3/c1-5(10)7-3-2-6(4-8(7)11)9(12,13)14/h2-5H,1H3. The van der Waals surface area contributed by atoms with Gasteiger partial charge in [-0.2, -0.15) is 13.2 Å². The molecule has 0 radical (unpaired) electrons. The smallest absolute Gasteiger partial charge is 0.166 e. The van der Waals surface area contributed by atoms with Crippen molar-refractivity contribution in [3.05, 3.63) is 34.3 Å². The average molecular weight is 288 g/mol. The van der Waals surface area contributed by atoms with Crippen molar-refractivity contribution in [2.45, 2.75) is 17.9 Å². The molecule has 1 rings (SSSR count). The number of hydrogen-bond acceptors (Lipinski definition) is 0. The van der Waals surface area contributed by atoms with Crippen molar-refractivity contribution < 1.29 is 13.2 Å². The van der Waals surface area contributed by atoms with Crippen LogP contribution in [0.4, 0.5) is 13.2 Å². The second-order valence-corrected chi connectivity index (χ2v) is 4.63. The number of halogens is 5. The second kappa shape index (κ2) is 4.11. The van der Waals surface area contributed by atoms with Crippen LogP contribution in [0, 0.1) is 0 Å². The predicted octanol–water partition coefficient (Wildman–Crippen LogP) is 4.81. The van der Waals surface area contributed by atoms with Crippen molar-refractivity contribution in [1.82, 2.24) is 0 Å². The minimum absolute atomic E-state index is 0.0581. The third kappa shape index (κ3) is 2.64. The molecule has 0 aromatic heterocycles. The van der Waals surface area contributed by atoms with Crippen molar-refractivity contribution >= 4 is 27.5 Å². The van der Waals surface area contributed by atoms with Crippen LogP contribution in [-0.4, -0.2) is 0 Å². The summed E-state index contributed by atoms with van der Waals surface area (Å²) in [5, 5.41) is 0.129. The van der Waals surface area contributed by atoms with Gasteiger partial charge in [-0.1, -0.05) is 33.6 Å². The Kier molecular flexibility index (Phi) is 3.48. The lowest BCUT2D eigenvalue weighted by atomic mass is 10.1. The van der Waals surface area contributed by atoms with Gasteiger partial charge in [0.25, 0.3) is 0 Å². The van der Waals surface area contributed by atoms with E-state index in [9.17, 15) is 13.2 Å². The predicted molar refractivity (Wildman–Crippen MR) is 53.8 cm³/mol. The molecule has 14 heavy (non-hydrogen) atoms. The Hall–Kier alpha value is -0.220. The first-order valence-corrected chi connectivity index (χ1v) is 5.12. The van der Waals surface area contributed by atoms with Crippen molar-refractivity contribution in [2.24, 2.45) is 0 Å². The molecular formula is C9H7BrClF3. The van der Waals surface area contributed by atoms with Crippen LogP contribution in [0.1, 0.15) is 22.9 Å². The molecule has 1 unspecified atom stereocenters. The molecule has 5 heteroatoms. The lowest BCUT2D eigenvalue weighted by molar-refractivity contribution is -0.137. The summed E-state index contributed by atoms with van der Waals surface area (Å²) >= 11 is 8.94. The van der Waals surface area contributed by atoms with E-state index in [-0.39, 0.29) is 9.85 Å². The minimum atomic E-state index is -4.34. The highest BCUT2D eigenvalue weighted by molar-refractivity contribution is 9.09. The van der Waals surface area contributed by atoms with E-state index in [1.807, 2.05) is 0 Å². The Morgan fingerprint density at radius 2 is 1.93 bits per heavy atom. The summed E-state index contributed by atoms with van der Waals surface area (Å²) in [6.07, 6.45) is -4.34. The maximum absolute atomic E-state index is 12.2. The Labute approximate surface area is 93.2 Å². The molecule has 0 saturated carbocycles. The van der Waals surface area contributed by atoms with E-state index in [1.165, 1.54) is 6.07 Å². The van der Waals surface area contributed by atoms with Gasteiger partial charge in [0, 0.05) is 9.85 Å². The SMILES string of the molecule is CC(Br)c1ccc(C(F)(F)F)cc1Cl. The van der Waals surface area contributed by atoms with Crippen molar-refractivity contribution in [1.29, 1.82) is 0 Å². The van der Waals surface area contributed by atoms with E-state index in [1.54, 1.807) is 6.92 Å². The largest absolute Gasteiger partial charge is 0.416 e. The van der Waals surface area contributed by atoms with Crippen LogP contribution in [0.2, 0.25) is 5.02 Å². The Morgan fingerprint density at radius 1 is 1.36 bits per heavy atom. The lowest BCUT2D eigenvalue weighted by Crippen LogP contribution is -2.05. The van der Waals surface area contributed by atoms with Crippen molar-refractivity contribution in [3.8, 4) is 0 Å². The van der Waals surface area contributed by atoms with Crippen LogP contribution in [0.3, 0.4) is 0 Å². The monoisotopic (exact) mass is 286 g/mol. The van der Waals surface area contributed by atoms with Gasteiger partial charge >= 0.3 is 6.18 Å². The van der Waals surface area contributed by atoms with Gasteiger partial charge in [-0.3, -0.25) is 0 Å². The van der Waals surface area contributed by atoms with E-state index in [0.717, 1.165) is 12.1 Å². The fraction of sp³-hybridized carbons (Fsp3) is 0.333. The maximum atomic E-state index is 12.2. The minimum Gasteiger partial charge on any atom is -0.166 e. The zero-order chi connectivity index (χ0) is 10.9. The highest BCUT2D eigenvalue weighted by atomic mass is 79.9. The quantitative estimate of drug-likeness (QED) is 0.650. The van der Waals surface area contributed by atoms with Gasteiger partial charge in [0.15, 0.2) is 0 Å². The first kappa shape index (κ1) is 11.9. The fourth-order valence-electron chi connectivity index (χ4n) is 1.03. The Balaban J connectivity index is 3.13. The summed E-state index contributed by atoms with van der Waals surface area (Å²) in [4.78, 5) is -0.0581. The molecular weight excluding hydrogens is 280 g/mol. The zero-order valence-electron chi connectivity index (χ0n) is 7.20. The van der Waals surface area contributed by atoms with E-state index < -0.39 is 11.7 Å². The van der Waals surface area contributed by atoms with Crippen LogP contribution >= 0.6 is 27.5 Å². The molecule has 1 atom stereocenters. The van der Waals surface area contributed by atoms with Gasteiger partial charge in [-0.05, 0) is 24.6 Å². The Morgan fingerprint density at radius 3 is 2.29 bits per heavy atom. The molecule has 0 amide bonds. The molecule has 0 fully saturated rings. The second-order valence-electron chi connectivity index (χ2n) is 2.85. The molecule has 0 spiro atoms. The molecule has 0 saturated heterocycles. The van der Waals surface area contributed by atoms with Crippen LogP contribution in [0.25, 0.3) is 0 Å². The molecule has 1 aromatic rings. The van der Waals surface area contributed by atoms with E-state index in [0.29, 0.717) is 5.56 Å². The van der Waals surface area contributed by atoms with Gasteiger partial charge < -0.3 is 0 Å². The summed E-state index contributed by atoms with van der Waals surface area (Å²) in [5.74, 6) is 0. The number of rotatable bonds is 1. The lowest BCUT2D eigenvalue weighted by Gasteiger charge is -2.10. The van der Waals surface area contributed by atoms with E-state index in [2.05, 4.69) is 15.9 Å². The Bertz CT molecular complexity index is 333. The van der Waals surface area contributed by atoms with E-state index >= 15 is 0 Å². The first-order valence-electron chi connectivity index (χ1n) is 3.83. The molecule has 0 aliphatic heterocycles. The van der Waals surface area contributed by atoms with Crippen LogP contribution in [0.15, 0.2) is 18.2 Å².